The van der Waals surface area contributed by atoms with Gasteiger partial charge in [-0.3, -0.25) is 10.3 Å². The number of aryl methyl sites for hydroxylation is 2. The van der Waals surface area contributed by atoms with Gasteiger partial charge in [-0.2, -0.15) is 13.2 Å². The summed E-state index contributed by atoms with van der Waals surface area (Å²) in [5.41, 5.74) is -1.54. The number of fused-ring (bicyclic) bond motifs is 1. The highest BCUT2D eigenvalue weighted by molar-refractivity contribution is 5.82. The normalized spacial score (nSPS) is 14.6. The fourth-order valence-corrected chi connectivity index (χ4v) is 4.06. The molecule has 0 aliphatic carbocycles. The van der Waals surface area contributed by atoms with Gasteiger partial charge in [0.05, 0.1) is 18.3 Å². The molecule has 0 radical (unpaired) electrons. The van der Waals surface area contributed by atoms with Crippen LogP contribution in [-0.4, -0.2) is 34.1 Å². The summed E-state index contributed by atoms with van der Waals surface area (Å²) in [6, 6.07) is 7.21. The number of alkyl halides is 3. The number of hydrogen-bond acceptors (Lipinski definition) is 4. The van der Waals surface area contributed by atoms with Crippen LogP contribution in [0.5, 0.6) is 5.75 Å². The van der Waals surface area contributed by atoms with Gasteiger partial charge in [-0.1, -0.05) is 13.8 Å². The van der Waals surface area contributed by atoms with Crippen molar-refractivity contribution in [2.24, 2.45) is 0 Å². The van der Waals surface area contributed by atoms with Crippen molar-refractivity contribution in [3.8, 4) is 5.75 Å². The number of nitrogens with zero attached hydrogens (tertiary/aromatic N) is 1. The van der Waals surface area contributed by atoms with Gasteiger partial charge in [-0.15, -0.1) is 0 Å². The summed E-state index contributed by atoms with van der Waals surface area (Å²) in [7, 11) is 1.36. The Hall–Kier alpha value is -2.65. The average molecular weight is 453 g/mol. The number of pyridine rings is 1. The summed E-state index contributed by atoms with van der Waals surface area (Å²) in [5, 5.41) is 13.8. The van der Waals surface area contributed by atoms with Gasteiger partial charge < -0.3 is 14.8 Å². The highest BCUT2D eigenvalue weighted by Gasteiger charge is 2.56. The standard InChI is InChI=1S/C23H27F4N3O2/c1-13-8-15-9-17(30-20(15)14(2)29-13)11-28-22(31,23(25,26)27)12-21(3,4)18-10-16(24)6-7-19(18)32-5/h6-10,28,30-31H,11-12H2,1-5H3. The molecular formula is C23H27F4N3O2. The van der Waals surface area contributed by atoms with Gasteiger partial charge in [-0.05, 0) is 49.6 Å². The molecule has 0 aliphatic heterocycles. The number of aromatic amines is 1. The van der Waals surface area contributed by atoms with Crippen LogP contribution in [0, 0.1) is 19.7 Å². The molecule has 2 heterocycles. The minimum Gasteiger partial charge on any atom is -0.496 e. The number of rotatable bonds is 7. The van der Waals surface area contributed by atoms with Gasteiger partial charge in [0.15, 0.2) is 0 Å². The van der Waals surface area contributed by atoms with Crippen molar-refractivity contribution in [2.75, 3.05) is 7.11 Å². The van der Waals surface area contributed by atoms with E-state index in [2.05, 4.69) is 15.3 Å². The van der Waals surface area contributed by atoms with E-state index >= 15 is 0 Å². The van der Waals surface area contributed by atoms with Gasteiger partial charge in [0, 0.05) is 35.3 Å². The van der Waals surface area contributed by atoms with E-state index in [1.807, 2.05) is 19.9 Å². The highest BCUT2D eigenvalue weighted by atomic mass is 19.4. The van der Waals surface area contributed by atoms with Crippen molar-refractivity contribution in [1.29, 1.82) is 0 Å². The van der Waals surface area contributed by atoms with Crippen molar-refractivity contribution in [3.05, 3.63) is 58.8 Å². The van der Waals surface area contributed by atoms with Gasteiger partial charge >= 0.3 is 6.18 Å². The fourth-order valence-electron chi connectivity index (χ4n) is 4.06. The van der Waals surface area contributed by atoms with E-state index in [9.17, 15) is 22.7 Å². The quantitative estimate of drug-likeness (QED) is 0.347. The summed E-state index contributed by atoms with van der Waals surface area (Å²) in [6.45, 7) is 6.39. The second kappa shape index (κ2) is 8.37. The molecule has 32 heavy (non-hydrogen) atoms. The number of halogens is 4. The molecule has 2 aromatic heterocycles. The third kappa shape index (κ3) is 4.73. The molecule has 1 unspecified atom stereocenters. The van der Waals surface area contributed by atoms with Crippen LogP contribution >= 0.6 is 0 Å². The molecule has 0 bridgehead atoms. The zero-order valence-corrected chi connectivity index (χ0v) is 18.6. The Morgan fingerprint density at radius 3 is 2.44 bits per heavy atom. The van der Waals surface area contributed by atoms with Gasteiger partial charge in [-0.25, -0.2) is 4.39 Å². The first kappa shape index (κ1) is 24.0. The fraction of sp³-hybridized carbons (Fsp3) is 0.435. The molecule has 3 N–H and O–H groups in total. The maximum absolute atomic E-state index is 14.0. The number of methoxy groups -OCH3 is 1. The van der Waals surface area contributed by atoms with Crippen molar-refractivity contribution in [3.63, 3.8) is 0 Å². The number of hydrogen-bond donors (Lipinski definition) is 3. The highest BCUT2D eigenvalue weighted by Crippen LogP contribution is 2.42. The molecule has 1 aromatic carbocycles. The summed E-state index contributed by atoms with van der Waals surface area (Å²) in [5.74, 6) is -0.357. The van der Waals surface area contributed by atoms with E-state index in [1.54, 1.807) is 6.07 Å². The molecule has 3 rings (SSSR count). The monoisotopic (exact) mass is 453 g/mol. The molecule has 0 spiro atoms. The third-order valence-corrected chi connectivity index (χ3v) is 5.60. The second-order valence-corrected chi connectivity index (χ2v) is 8.72. The number of aromatic nitrogens is 2. The van der Waals surface area contributed by atoms with Gasteiger partial charge in [0.25, 0.3) is 0 Å². The molecule has 5 nitrogen and oxygen atoms in total. The van der Waals surface area contributed by atoms with Crippen LogP contribution in [0.4, 0.5) is 17.6 Å². The number of ether oxygens (including phenoxy) is 1. The van der Waals surface area contributed by atoms with Gasteiger partial charge in [0.1, 0.15) is 11.6 Å². The minimum absolute atomic E-state index is 0.229. The van der Waals surface area contributed by atoms with Crippen molar-refractivity contribution < 1.29 is 27.4 Å². The lowest BCUT2D eigenvalue weighted by molar-refractivity contribution is -0.280. The van der Waals surface area contributed by atoms with Crippen LogP contribution in [0.25, 0.3) is 10.9 Å². The first-order chi connectivity index (χ1) is 14.8. The van der Waals surface area contributed by atoms with Crippen LogP contribution in [0.15, 0.2) is 30.3 Å². The Morgan fingerprint density at radius 2 is 1.81 bits per heavy atom. The zero-order chi connectivity index (χ0) is 23.9. The first-order valence-corrected chi connectivity index (χ1v) is 10.1. The topological polar surface area (TPSA) is 70.2 Å². The van der Waals surface area contributed by atoms with E-state index in [4.69, 9.17) is 4.74 Å². The maximum Gasteiger partial charge on any atom is 0.431 e. The Morgan fingerprint density at radius 1 is 1.12 bits per heavy atom. The molecule has 0 aliphatic rings. The number of aliphatic hydroxyl groups is 1. The van der Waals surface area contributed by atoms with Crippen molar-refractivity contribution >= 4 is 10.9 Å². The minimum atomic E-state index is -4.98. The average Bonchev–Trinajstić information content (AvgIpc) is 3.08. The SMILES string of the molecule is COc1ccc(F)cc1C(C)(C)CC(O)(NCc1cc2cc(C)nc(C)c2[nH]1)C(F)(F)F. The summed E-state index contributed by atoms with van der Waals surface area (Å²) < 4.78 is 61.1. The molecule has 174 valence electrons. The van der Waals surface area contributed by atoms with Crippen LogP contribution < -0.4 is 10.1 Å². The number of benzene rings is 1. The Labute approximate surface area is 183 Å². The summed E-state index contributed by atoms with van der Waals surface area (Å²) >= 11 is 0. The molecule has 3 aromatic rings. The molecule has 0 fully saturated rings. The zero-order valence-electron chi connectivity index (χ0n) is 18.6. The molecule has 0 amide bonds. The Kier molecular flexibility index (Phi) is 6.27. The summed E-state index contributed by atoms with van der Waals surface area (Å²) in [4.78, 5) is 7.41. The predicted molar refractivity (Wildman–Crippen MR) is 114 cm³/mol. The molecule has 9 heteroatoms. The smallest absolute Gasteiger partial charge is 0.431 e. The van der Waals surface area contributed by atoms with E-state index in [1.165, 1.54) is 33.1 Å². The van der Waals surface area contributed by atoms with Crippen LogP contribution in [0.2, 0.25) is 0 Å². The lowest BCUT2D eigenvalue weighted by Gasteiger charge is -2.38. The molecular weight excluding hydrogens is 426 g/mol. The van der Waals surface area contributed by atoms with E-state index < -0.39 is 29.6 Å². The molecule has 0 saturated carbocycles. The van der Waals surface area contributed by atoms with Crippen LogP contribution in [0.1, 0.15) is 42.9 Å². The second-order valence-electron chi connectivity index (χ2n) is 8.72. The maximum atomic E-state index is 14.0. The predicted octanol–water partition coefficient (Wildman–Crippen LogP) is 5.04. The van der Waals surface area contributed by atoms with Crippen LogP contribution in [-0.2, 0) is 12.0 Å². The van der Waals surface area contributed by atoms with E-state index in [-0.39, 0.29) is 17.9 Å². The van der Waals surface area contributed by atoms with Crippen molar-refractivity contribution in [1.82, 2.24) is 15.3 Å². The third-order valence-electron chi connectivity index (χ3n) is 5.60. The van der Waals surface area contributed by atoms with Gasteiger partial charge in [0.2, 0.25) is 5.72 Å². The van der Waals surface area contributed by atoms with E-state index in [0.717, 1.165) is 28.4 Å². The Bertz CT molecular complexity index is 1120. The largest absolute Gasteiger partial charge is 0.496 e. The van der Waals surface area contributed by atoms with Crippen molar-refractivity contribution in [2.45, 2.75) is 58.0 Å². The Balaban J connectivity index is 1.90. The number of nitrogens with one attached hydrogen (secondary N) is 2. The summed E-state index contributed by atoms with van der Waals surface area (Å²) in [6.07, 6.45) is -5.74. The molecule has 0 saturated heterocycles. The molecule has 1 atom stereocenters. The van der Waals surface area contributed by atoms with Crippen LogP contribution in [0.3, 0.4) is 0 Å². The first-order valence-electron chi connectivity index (χ1n) is 10.1. The number of H-pyrrole nitrogens is 1. The lowest BCUT2D eigenvalue weighted by Crippen LogP contribution is -2.59. The van der Waals surface area contributed by atoms with E-state index in [0.29, 0.717) is 5.69 Å². The lowest BCUT2D eigenvalue weighted by atomic mass is 9.77.